The second kappa shape index (κ2) is 5.87. The Kier molecular flexibility index (Phi) is 4.41. The van der Waals surface area contributed by atoms with Crippen LogP contribution in [0.1, 0.15) is 5.56 Å². The molecule has 106 valence electrons. The first-order chi connectivity index (χ1) is 9.06. The number of aliphatic hydroxyl groups is 1. The van der Waals surface area contributed by atoms with Crippen molar-refractivity contribution in [3.05, 3.63) is 23.8 Å². The Morgan fingerprint density at radius 2 is 2.32 bits per heavy atom. The van der Waals surface area contributed by atoms with Gasteiger partial charge in [-0.3, -0.25) is 0 Å². The summed E-state index contributed by atoms with van der Waals surface area (Å²) in [5, 5.41) is 9.10. The van der Waals surface area contributed by atoms with Crippen LogP contribution in [0.2, 0.25) is 0 Å². The van der Waals surface area contributed by atoms with E-state index in [0.717, 1.165) is 11.3 Å². The first-order valence-corrected chi connectivity index (χ1v) is 7.43. The molecule has 0 aliphatic carbocycles. The summed E-state index contributed by atoms with van der Waals surface area (Å²) in [4.78, 5) is 0.173. The molecule has 2 rings (SSSR count). The van der Waals surface area contributed by atoms with Crippen LogP contribution < -0.4 is 9.46 Å². The Bertz CT molecular complexity index is 543. The lowest BCUT2D eigenvalue weighted by atomic mass is 10.2. The van der Waals surface area contributed by atoms with E-state index in [-0.39, 0.29) is 18.1 Å². The molecule has 2 N–H and O–H groups in total. The highest BCUT2D eigenvalue weighted by Crippen LogP contribution is 2.27. The summed E-state index contributed by atoms with van der Waals surface area (Å²) in [5.74, 6) is 0.731. The first kappa shape index (κ1) is 14.3. The van der Waals surface area contributed by atoms with Crippen molar-refractivity contribution >= 4 is 10.0 Å². The molecule has 0 radical (unpaired) electrons. The number of sulfonamides is 1. The lowest BCUT2D eigenvalue weighted by molar-refractivity contribution is 0.139. The van der Waals surface area contributed by atoms with E-state index in [2.05, 4.69) is 4.72 Å². The summed E-state index contributed by atoms with van der Waals surface area (Å²) in [5.41, 5.74) is 0.884. The maximum Gasteiger partial charge on any atom is 0.240 e. The molecule has 0 amide bonds. The van der Waals surface area contributed by atoms with Gasteiger partial charge in [0.2, 0.25) is 10.0 Å². The normalized spacial score (nSPS) is 15.9. The molecule has 19 heavy (non-hydrogen) atoms. The predicted molar refractivity (Wildman–Crippen MR) is 68.7 cm³/mol. The third-order valence-corrected chi connectivity index (χ3v) is 4.40. The van der Waals surface area contributed by atoms with Gasteiger partial charge in [-0.15, -0.1) is 0 Å². The highest BCUT2D eigenvalue weighted by Gasteiger charge is 2.22. The number of aliphatic hydroxyl groups excluding tert-OH is 1. The zero-order valence-electron chi connectivity index (χ0n) is 10.6. The van der Waals surface area contributed by atoms with Crippen molar-refractivity contribution in [2.75, 3.05) is 26.9 Å². The summed E-state index contributed by atoms with van der Waals surface area (Å²) >= 11 is 0. The van der Waals surface area contributed by atoms with Crippen LogP contribution in [-0.2, 0) is 21.2 Å². The minimum Gasteiger partial charge on any atom is -0.493 e. The Hall–Kier alpha value is -1.15. The molecule has 7 heteroatoms. The molecule has 0 bridgehead atoms. The van der Waals surface area contributed by atoms with Gasteiger partial charge in [-0.25, -0.2) is 13.1 Å². The average molecular weight is 287 g/mol. The van der Waals surface area contributed by atoms with Gasteiger partial charge in [0.25, 0.3) is 0 Å². The van der Waals surface area contributed by atoms with E-state index in [1.807, 2.05) is 0 Å². The summed E-state index contributed by atoms with van der Waals surface area (Å²) in [6, 6.07) is 4.10. The Morgan fingerprint density at radius 1 is 1.53 bits per heavy atom. The standard InChI is InChI=1S/C12H17NO5S/c1-17-8-10(7-14)13-19(15,16)11-2-3-12-9(6-11)4-5-18-12/h2-3,6,10,13-14H,4-5,7-8H2,1H3. The van der Waals surface area contributed by atoms with Gasteiger partial charge in [0.05, 0.1) is 30.8 Å². The number of rotatable bonds is 6. The summed E-state index contributed by atoms with van der Waals surface area (Å²) in [7, 11) is -2.21. The molecule has 1 aromatic rings. The summed E-state index contributed by atoms with van der Waals surface area (Å²) in [6.07, 6.45) is 0.709. The Labute approximate surface area is 112 Å². The molecule has 0 fully saturated rings. The zero-order valence-corrected chi connectivity index (χ0v) is 11.4. The quantitative estimate of drug-likeness (QED) is 0.763. The smallest absolute Gasteiger partial charge is 0.240 e. The molecule has 1 atom stereocenters. The van der Waals surface area contributed by atoms with Crippen molar-refractivity contribution in [2.45, 2.75) is 17.4 Å². The van der Waals surface area contributed by atoms with Crippen LogP contribution >= 0.6 is 0 Å². The van der Waals surface area contributed by atoms with Crippen LogP contribution in [0.15, 0.2) is 23.1 Å². The van der Waals surface area contributed by atoms with Crippen LogP contribution in [0.5, 0.6) is 5.75 Å². The van der Waals surface area contributed by atoms with Gasteiger partial charge in [-0.2, -0.15) is 0 Å². The fourth-order valence-corrected chi connectivity index (χ4v) is 3.20. The maximum absolute atomic E-state index is 12.2. The second-order valence-corrected chi connectivity index (χ2v) is 6.04. The van der Waals surface area contributed by atoms with Crippen molar-refractivity contribution in [2.24, 2.45) is 0 Å². The van der Waals surface area contributed by atoms with Crippen molar-refractivity contribution in [1.82, 2.24) is 4.72 Å². The SMILES string of the molecule is COCC(CO)NS(=O)(=O)c1ccc2c(c1)CCO2. The number of methoxy groups -OCH3 is 1. The van der Waals surface area contributed by atoms with E-state index in [9.17, 15) is 8.42 Å². The van der Waals surface area contributed by atoms with Gasteiger partial charge in [0.15, 0.2) is 0 Å². The van der Waals surface area contributed by atoms with Gasteiger partial charge < -0.3 is 14.6 Å². The largest absolute Gasteiger partial charge is 0.493 e. The summed E-state index contributed by atoms with van der Waals surface area (Å²) < 4.78 is 36.9. The Morgan fingerprint density at radius 3 is 3.00 bits per heavy atom. The van der Waals surface area contributed by atoms with Crippen molar-refractivity contribution in [1.29, 1.82) is 0 Å². The lowest BCUT2D eigenvalue weighted by Gasteiger charge is -2.15. The third kappa shape index (κ3) is 3.24. The van der Waals surface area contributed by atoms with Crippen LogP contribution in [0.4, 0.5) is 0 Å². The van der Waals surface area contributed by atoms with E-state index >= 15 is 0 Å². The molecule has 0 saturated carbocycles. The predicted octanol–water partition coefficient (Wildman–Crippen LogP) is -0.0929. The molecule has 0 aromatic heterocycles. The van der Waals surface area contributed by atoms with Gasteiger partial charge in [0.1, 0.15) is 5.75 Å². The van der Waals surface area contributed by atoms with Crippen LogP contribution in [0, 0.1) is 0 Å². The molecular weight excluding hydrogens is 270 g/mol. The van der Waals surface area contributed by atoms with Gasteiger partial charge in [-0.1, -0.05) is 0 Å². The Balaban J connectivity index is 2.19. The summed E-state index contributed by atoms with van der Waals surface area (Å²) in [6.45, 7) is 0.375. The van der Waals surface area contributed by atoms with E-state index in [1.165, 1.54) is 13.2 Å². The minimum absolute atomic E-state index is 0.115. The fourth-order valence-electron chi connectivity index (χ4n) is 1.94. The van der Waals surface area contributed by atoms with Crippen LogP contribution in [0.25, 0.3) is 0 Å². The molecule has 6 nitrogen and oxygen atoms in total. The van der Waals surface area contributed by atoms with E-state index in [4.69, 9.17) is 14.6 Å². The van der Waals surface area contributed by atoms with Crippen molar-refractivity contribution in [3.8, 4) is 5.75 Å². The lowest BCUT2D eigenvalue weighted by Crippen LogP contribution is -2.40. The van der Waals surface area contributed by atoms with Gasteiger partial charge >= 0.3 is 0 Å². The fraction of sp³-hybridized carbons (Fsp3) is 0.500. The topological polar surface area (TPSA) is 84.9 Å². The van der Waals surface area contributed by atoms with Crippen LogP contribution in [-0.4, -0.2) is 46.5 Å². The van der Waals surface area contributed by atoms with Gasteiger partial charge in [0, 0.05) is 13.5 Å². The molecule has 0 spiro atoms. The van der Waals surface area contributed by atoms with Crippen molar-refractivity contribution in [3.63, 3.8) is 0 Å². The minimum atomic E-state index is -3.66. The monoisotopic (exact) mass is 287 g/mol. The third-order valence-electron chi connectivity index (χ3n) is 2.88. The van der Waals surface area contributed by atoms with E-state index < -0.39 is 16.1 Å². The second-order valence-electron chi connectivity index (χ2n) is 4.32. The number of benzene rings is 1. The highest BCUT2D eigenvalue weighted by atomic mass is 32.2. The van der Waals surface area contributed by atoms with Crippen molar-refractivity contribution < 1.29 is 23.0 Å². The molecule has 0 saturated heterocycles. The highest BCUT2D eigenvalue weighted by molar-refractivity contribution is 7.89. The molecule has 1 aliphatic heterocycles. The number of hydrogen-bond donors (Lipinski definition) is 2. The molecule has 1 aliphatic rings. The number of ether oxygens (including phenoxy) is 2. The maximum atomic E-state index is 12.2. The van der Waals surface area contributed by atoms with Crippen LogP contribution in [0.3, 0.4) is 0 Å². The molecule has 1 aromatic carbocycles. The first-order valence-electron chi connectivity index (χ1n) is 5.94. The van der Waals surface area contributed by atoms with E-state index in [1.54, 1.807) is 12.1 Å². The molecule has 1 unspecified atom stereocenters. The van der Waals surface area contributed by atoms with E-state index in [0.29, 0.717) is 13.0 Å². The zero-order chi connectivity index (χ0) is 13.9. The number of fused-ring (bicyclic) bond motifs is 1. The number of nitrogens with one attached hydrogen (secondary N) is 1. The average Bonchev–Trinajstić information content (AvgIpc) is 2.85. The molecule has 1 heterocycles. The molecular formula is C12H17NO5S. The number of hydrogen-bond acceptors (Lipinski definition) is 5. The van der Waals surface area contributed by atoms with Gasteiger partial charge in [-0.05, 0) is 23.8 Å².